The minimum atomic E-state index is -0.182. The standard InChI is InChI=1S/C17H25N3O3/c1-23-14-6-2-4-12(10-14)16(21)19-8-9-20-17(22)15-7-3-5-13(15)11-18/h2,4,6,10,13,15H,3,5,7-9,11,18H2,1H3,(H,19,21)(H,20,22)/t13-,15-/m1/s1. The Hall–Kier alpha value is -2.08. The second-order valence-corrected chi connectivity index (χ2v) is 5.81. The van der Waals surface area contributed by atoms with Crippen molar-refractivity contribution >= 4 is 11.8 Å². The Morgan fingerprint density at radius 3 is 2.78 bits per heavy atom. The fourth-order valence-electron chi connectivity index (χ4n) is 3.02. The molecule has 0 bridgehead atoms. The molecule has 0 spiro atoms. The zero-order valence-corrected chi connectivity index (χ0v) is 13.5. The average molecular weight is 319 g/mol. The van der Waals surface area contributed by atoms with E-state index in [4.69, 9.17) is 10.5 Å². The average Bonchev–Trinajstić information content (AvgIpc) is 3.07. The molecule has 1 aromatic carbocycles. The third-order valence-electron chi connectivity index (χ3n) is 4.34. The third kappa shape index (κ3) is 4.69. The first-order valence-corrected chi connectivity index (χ1v) is 8.05. The van der Waals surface area contributed by atoms with Gasteiger partial charge in [-0.2, -0.15) is 0 Å². The molecule has 0 saturated heterocycles. The van der Waals surface area contributed by atoms with E-state index in [-0.39, 0.29) is 17.7 Å². The van der Waals surface area contributed by atoms with Crippen molar-refractivity contribution in [2.75, 3.05) is 26.7 Å². The van der Waals surface area contributed by atoms with Gasteiger partial charge in [-0.25, -0.2) is 0 Å². The molecule has 1 aromatic rings. The summed E-state index contributed by atoms with van der Waals surface area (Å²) >= 11 is 0. The van der Waals surface area contributed by atoms with Crippen molar-refractivity contribution in [1.29, 1.82) is 0 Å². The quantitative estimate of drug-likeness (QED) is 0.651. The summed E-state index contributed by atoms with van der Waals surface area (Å²) in [5, 5.41) is 5.67. The van der Waals surface area contributed by atoms with E-state index in [1.54, 1.807) is 31.4 Å². The van der Waals surface area contributed by atoms with Crippen molar-refractivity contribution in [1.82, 2.24) is 10.6 Å². The SMILES string of the molecule is COc1cccc(C(=O)NCCNC(=O)[C@@H]2CCC[C@@H]2CN)c1. The molecule has 1 aliphatic rings. The van der Waals surface area contributed by atoms with Crippen LogP contribution in [-0.2, 0) is 4.79 Å². The summed E-state index contributed by atoms with van der Waals surface area (Å²) in [4.78, 5) is 24.1. The van der Waals surface area contributed by atoms with Crippen LogP contribution in [0.25, 0.3) is 0 Å². The highest BCUT2D eigenvalue weighted by atomic mass is 16.5. The molecule has 0 heterocycles. The molecule has 2 atom stereocenters. The molecule has 2 rings (SSSR count). The van der Waals surface area contributed by atoms with Gasteiger partial charge in [-0.05, 0) is 43.5 Å². The zero-order valence-electron chi connectivity index (χ0n) is 13.5. The van der Waals surface area contributed by atoms with E-state index in [2.05, 4.69) is 10.6 Å². The molecule has 2 amide bonds. The number of methoxy groups -OCH3 is 1. The highest BCUT2D eigenvalue weighted by molar-refractivity contribution is 5.94. The maximum Gasteiger partial charge on any atom is 0.251 e. The number of rotatable bonds is 7. The number of amides is 2. The van der Waals surface area contributed by atoms with E-state index in [1.165, 1.54) is 0 Å². The summed E-state index contributed by atoms with van der Waals surface area (Å²) in [6.45, 7) is 1.37. The Morgan fingerprint density at radius 2 is 2.04 bits per heavy atom. The molecule has 126 valence electrons. The highest BCUT2D eigenvalue weighted by Crippen LogP contribution is 2.30. The second-order valence-electron chi connectivity index (χ2n) is 5.81. The largest absolute Gasteiger partial charge is 0.497 e. The molecule has 1 saturated carbocycles. The summed E-state index contributed by atoms with van der Waals surface area (Å²) in [5.74, 6) is 0.822. The predicted molar refractivity (Wildman–Crippen MR) is 88.2 cm³/mol. The lowest BCUT2D eigenvalue weighted by Gasteiger charge is -2.17. The number of ether oxygens (including phenoxy) is 1. The number of carbonyl (C=O) groups is 2. The molecule has 1 aliphatic carbocycles. The van der Waals surface area contributed by atoms with Crippen LogP contribution >= 0.6 is 0 Å². The topological polar surface area (TPSA) is 93.5 Å². The lowest BCUT2D eigenvalue weighted by atomic mass is 9.95. The molecular weight excluding hydrogens is 294 g/mol. The van der Waals surface area contributed by atoms with Gasteiger partial charge in [0.15, 0.2) is 0 Å². The van der Waals surface area contributed by atoms with E-state index in [0.717, 1.165) is 19.3 Å². The van der Waals surface area contributed by atoms with Gasteiger partial charge in [0.2, 0.25) is 5.91 Å². The first kappa shape index (κ1) is 17.3. The van der Waals surface area contributed by atoms with Gasteiger partial charge in [0.25, 0.3) is 5.91 Å². The Bertz CT molecular complexity index is 548. The number of hydrogen-bond acceptors (Lipinski definition) is 4. The smallest absolute Gasteiger partial charge is 0.251 e. The van der Waals surface area contributed by atoms with Gasteiger partial charge in [-0.1, -0.05) is 12.5 Å². The van der Waals surface area contributed by atoms with Crippen LogP contribution in [0, 0.1) is 11.8 Å². The fourth-order valence-corrected chi connectivity index (χ4v) is 3.02. The first-order chi connectivity index (χ1) is 11.2. The molecule has 0 radical (unpaired) electrons. The van der Waals surface area contributed by atoms with Crippen LogP contribution in [0.3, 0.4) is 0 Å². The van der Waals surface area contributed by atoms with Gasteiger partial charge >= 0.3 is 0 Å². The van der Waals surface area contributed by atoms with E-state index in [9.17, 15) is 9.59 Å². The molecule has 0 aliphatic heterocycles. The van der Waals surface area contributed by atoms with E-state index in [0.29, 0.717) is 36.9 Å². The summed E-state index contributed by atoms with van der Waals surface area (Å²) < 4.78 is 5.09. The normalized spacial score (nSPS) is 20.1. The van der Waals surface area contributed by atoms with Crippen LogP contribution in [0.15, 0.2) is 24.3 Å². The zero-order chi connectivity index (χ0) is 16.7. The Labute approximate surface area is 136 Å². The third-order valence-corrected chi connectivity index (χ3v) is 4.34. The Morgan fingerprint density at radius 1 is 1.26 bits per heavy atom. The molecule has 0 aromatic heterocycles. The summed E-state index contributed by atoms with van der Waals surface area (Å²) in [6.07, 6.45) is 3.00. The maximum absolute atomic E-state index is 12.1. The van der Waals surface area contributed by atoms with Crippen molar-refractivity contribution in [3.05, 3.63) is 29.8 Å². The van der Waals surface area contributed by atoms with Crippen molar-refractivity contribution in [3.8, 4) is 5.75 Å². The number of benzene rings is 1. The van der Waals surface area contributed by atoms with Gasteiger partial charge < -0.3 is 21.1 Å². The van der Waals surface area contributed by atoms with Gasteiger partial charge in [0.1, 0.15) is 5.75 Å². The number of nitrogens with two attached hydrogens (primary N) is 1. The lowest BCUT2D eigenvalue weighted by Crippen LogP contribution is -2.39. The molecule has 1 fully saturated rings. The minimum absolute atomic E-state index is 0.0223. The van der Waals surface area contributed by atoms with Crippen LogP contribution < -0.4 is 21.1 Å². The van der Waals surface area contributed by atoms with Gasteiger partial charge in [-0.3, -0.25) is 9.59 Å². The Kier molecular flexibility index (Phi) is 6.40. The molecule has 6 nitrogen and oxygen atoms in total. The summed E-state index contributed by atoms with van der Waals surface area (Å²) in [5.41, 5.74) is 6.23. The molecule has 23 heavy (non-hydrogen) atoms. The van der Waals surface area contributed by atoms with Gasteiger partial charge in [-0.15, -0.1) is 0 Å². The minimum Gasteiger partial charge on any atom is -0.497 e. The van der Waals surface area contributed by atoms with Crippen LogP contribution in [-0.4, -0.2) is 38.6 Å². The lowest BCUT2D eigenvalue weighted by molar-refractivity contribution is -0.125. The van der Waals surface area contributed by atoms with Crippen LogP contribution in [0.2, 0.25) is 0 Å². The molecular formula is C17H25N3O3. The maximum atomic E-state index is 12.1. The van der Waals surface area contributed by atoms with Crippen molar-refractivity contribution in [2.24, 2.45) is 17.6 Å². The second kappa shape index (κ2) is 8.53. The van der Waals surface area contributed by atoms with Crippen molar-refractivity contribution < 1.29 is 14.3 Å². The number of carbonyl (C=O) groups excluding carboxylic acids is 2. The summed E-state index contributed by atoms with van der Waals surface area (Å²) in [7, 11) is 1.56. The fraction of sp³-hybridized carbons (Fsp3) is 0.529. The van der Waals surface area contributed by atoms with E-state index >= 15 is 0 Å². The predicted octanol–water partition coefficient (Wildman–Crippen LogP) is 0.916. The van der Waals surface area contributed by atoms with Gasteiger partial charge in [0.05, 0.1) is 7.11 Å². The first-order valence-electron chi connectivity index (χ1n) is 8.05. The Balaban J connectivity index is 1.72. The van der Waals surface area contributed by atoms with Crippen LogP contribution in [0.5, 0.6) is 5.75 Å². The van der Waals surface area contributed by atoms with E-state index < -0.39 is 0 Å². The molecule has 4 N–H and O–H groups in total. The monoisotopic (exact) mass is 319 g/mol. The van der Waals surface area contributed by atoms with Crippen molar-refractivity contribution in [2.45, 2.75) is 19.3 Å². The summed E-state index contributed by atoms with van der Waals surface area (Å²) in [6, 6.07) is 6.95. The highest BCUT2D eigenvalue weighted by Gasteiger charge is 2.31. The van der Waals surface area contributed by atoms with Crippen molar-refractivity contribution in [3.63, 3.8) is 0 Å². The molecule has 6 heteroatoms. The molecule has 0 unspecified atom stereocenters. The van der Waals surface area contributed by atoms with Gasteiger partial charge in [0, 0.05) is 24.6 Å². The van der Waals surface area contributed by atoms with E-state index in [1.807, 2.05) is 0 Å². The number of nitrogens with one attached hydrogen (secondary N) is 2. The van der Waals surface area contributed by atoms with Crippen LogP contribution in [0.1, 0.15) is 29.6 Å². The number of hydrogen-bond donors (Lipinski definition) is 3. The van der Waals surface area contributed by atoms with Crippen LogP contribution in [0.4, 0.5) is 0 Å².